The van der Waals surface area contributed by atoms with E-state index in [9.17, 15) is 0 Å². The van der Waals surface area contributed by atoms with Crippen LogP contribution in [0.2, 0.25) is 0 Å². The molecule has 0 spiro atoms. The van der Waals surface area contributed by atoms with Gasteiger partial charge in [0.25, 0.3) is 0 Å². The van der Waals surface area contributed by atoms with Crippen molar-refractivity contribution in [1.29, 1.82) is 0 Å². The summed E-state index contributed by atoms with van der Waals surface area (Å²) in [7, 11) is 0. The third-order valence-electron chi connectivity index (χ3n) is 11.9. The Bertz CT molecular complexity index is 3310. The summed E-state index contributed by atoms with van der Waals surface area (Å²) in [5.41, 5.74) is 15.1. The zero-order valence-electron chi connectivity index (χ0n) is 31.7. The fourth-order valence-electron chi connectivity index (χ4n) is 9.22. The summed E-state index contributed by atoms with van der Waals surface area (Å²) in [5.74, 6) is 1.69. The molecule has 10 aromatic rings. The number of para-hydroxylation sites is 5. The molecule has 1 aliphatic heterocycles. The monoisotopic (exact) mass is 743 g/mol. The number of allylic oxidation sites excluding steroid dienone is 4. The summed E-state index contributed by atoms with van der Waals surface area (Å²) >= 11 is 0. The molecule has 1 aliphatic carbocycles. The van der Waals surface area contributed by atoms with Crippen molar-refractivity contribution in [3.8, 4) is 39.4 Å². The van der Waals surface area contributed by atoms with E-state index >= 15 is 0 Å². The van der Waals surface area contributed by atoms with Crippen molar-refractivity contribution in [3.05, 3.63) is 200 Å². The second-order valence-corrected chi connectivity index (χ2v) is 15.2. The molecule has 2 aromatic heterocycles. The fourth-order valence-corrected chi connectivity index (χ4v) is 9.22. The van der Waals surface area contributed by atoms with E-state index in [2.05, 4.69) is 202 Å². The van der Waals surface area contributed by atoms with Crippen LogP contribution in [0.25, 0.3) is 77.2 Å². The Hall–Kier alpha value is -7.56. The Labute approximate surface area is 336 Å². The lowest BCUT2D eigenvalue weighted by atomic mass is 10.0. The van der Waals surface area contributed by atoms with Crippen molar-refractivity contribution in [2.75, 3.05) is 4.90 Å². The normalized spacial score (nSPS) is 13.5. The minimum absolute atomic E-state index is 0.839. The van der Waals surface area contributed by atoms with E-state index < -0.39 is 0 Å². The molecule has 4 nitrogen and oxygen atoms in total. The number of anilines is 3. The van der Waals surface area contributed by atoms with Crippen LogP contribution in [0.5, 0.6) is 11.5 Å². The lowest BCUT2D eigenvalue weighted by Gasteiger charge is -2.33. The maximum Gasteiger partial charge on any atom is 0.152 e. The average Bonchev–Trinajstić information content (AvgIpc) is 3.81. The molecular weight excluding hydrogens is 707 g/mol. The summed E-state index contributed by atoms with van der Waals surface area (Å²) < 4.78 is 11.3. The topological polar surface area (TPSA) is 22.3 Å². The van der Waals surface area contributed by atoms with E-state index in [0.29, 0.717) is 0 Å². The van der Waals surface area contributed by atoms with Crippen LogP contribution in [0.4, 0.5) is 17.1 Å². The second kappa shape index (κ2) is 13.0. The van der Waals surface area contributed by atoms with Gasteiger partial charge in [-0.3, -0.25) is 0 Å². The third kappa shape index (κ3) is 5.08. The Balaban J connectivity index is 0.919. The molecule has 4 heteroatoms. The lowest BCUT2D eigenvalue weighted by molar-refractivity contribution is 0.477. The van der Waals surface area contributed by atoms with E-state index in [1.54, 1.807) is 0 Å². The summed E-state index contributed by atoms with van der Waals surface area (Å²) in [6, 6.07) is 65.6. The number of aromatic nitrogens is 2. The van der Waals surface area contributed by atoms with Crippen LogP contribution in [-0.2, 0) is 0 Å². The van der Waals surface area contributed by atoms with E-state index in [1.165, 1.54) is 60.4 Å². The standard InChI is InChI=1S/C54H37N3O/c1-3-13-40(14-4-1)55-47-19-9-7-17-43(47)45-33-37(25-30-49(45)55)38-26-31-50-46(34-38)44-18-8-10-20-48(44)56(50)42-28-23-36(24-29-42)39-27-32-52-54(35-39)58-53-22-12-11-21-51(53)57(52)41-15-5-2-6-16-41/h2-3,5-35H,1,4H2. The minimum Gasteiger partial charge on any atom is -0.453 e. The maximum absolute atomic E-state index is 6.53. The molecule has 0 fully saturated rings. The molecule has 0 amide bonds. The van der Waals surface area contributed by atoms with Gasteiger partial charge in [-0.05, 0) is 126 Å². The highest BCUT2D eigenvalue weighted by molar-refractivity contribution is 6.13. The first-order valence-electron chi connectivity index (χ1n) is 20.1. The highest BCUT2D eigenvalue weighted by Crippen LogP contribution is 2.51. The van der Waals surface area contributed by atoms with Gasteiger partial charge in [-0.1, -0.05) is 109 Å². The molecule has 3 heterocycles. The van der Waals surface area contributed by atoms with Crippen LogP contribution in [0, 0.1) is 0 Å². The second-order valence-electron chi connectivity index (χ2n) is 15.2. The Morgan fingerprint density at radius 1 is 0.379 bits per heavy atom. The van der Waals surface area contributed by atoms with Gasteiger partial charge in [-0.25, -0.2) is 0 Å². The van der Waals surface area contributed by atoms with Crippen molar-refractivity contribution in [3.63, 3.8) is 0 Å². The van der Waals surface area contributed by atoms with Crippen molar-refractivity contribution >= 4 is 66.4 Å². The lowest BCUT2D eigenvalue weighted by Crippen LogP contribution is -2.15. The smallest absolute Gasteiger partial charge is 0.152 e. The van der Waals surface area contributed by atoms with Crippen LogP contribution < -0.4 is 9.64 Å². The largest absolute Gasteiger partial charge is 0.453 e. The van der Waals surface area contributed by atoms with Gasteiger partial charge in [0.2, 0.25) is 0 Å². The number of rotatable bonds is 5. The Kier molecular flexibility index (Phi) is 7.32. The van der Waals surface area contributed by atoms with Crippen LogP contribution in [0.3, 0.4) is 0 Å². The number of hydrogen-bond donors (Lipinski definition) is 0. The summed E-state index contributed by atoms with van der Waals surface area (Å²) in [6.07, 6.45) is 9.09. The minimum atomic E-state index is 0.839. The highest BCUT2D eigenvalue weighted by atomic mass is 16.5. The Morgan fingerprint density at radius 3 is 1.67 bits per heavy atom. The van der Waals surface area contributed by atoms with E-state index in [1.807, 2.05) is 12.1 Å². The van der Waals surface area contributed by atoms with E-state index in [0.717, 1.165) is 58.2 Å². The molecule has 12 rings (SSSR count). The zero-order valence-corrected chi connectivity index (χ0v) is 31.7. The number of benzene rings is 8. The van der Waals surface area contributed by atoms with Gasteiger partial charge in [0, 0.05) is 38.6 Å². The zero-order chi connectivity index (χ0) is 38.2. The molecule has 0 radical (unpaired) electrons. The first-order valence-corrected chi connectivity index (χ1v) is 20.1. The van der Waals surface area contributed by atoms with Crippen LogP contribution >= 0.6 is 0 Å². The molecule has 0 saturated carbocycles. The quantitative estimate of drug-likeness (QED) is 0.175. The molecule has 274 valence electrons. The van der Waals surface area contributed by atoms with Gasteiger partial charge in [0.1, 0.15) is 0 Å². The molecule has 0 unspecified atom stereocenters. The van der Waals surface area contributed by atoms with E-state index in [4.69, 9.17) is 4.74 Å². The molecule has 8 aromatic carbocycles. The predicted octanol–water partition coefficient (Wildman–Crippen LogP) is 15.0. The first kappa shape index (κ1) is 32.7. The molecule has 0 bridgehead atoms. The van der Waals surface area contributed by atoms with E-state index in [-0.39, 0.29) is 0 Å². The van der Waals surface area contributed by atoms with Crippen LogP contribution in [0.15, 0.2) is 200 Å². The predicted molar refractivity (Wildman–Crippen MR) is 242 cm³/mol. The van der Waals surface area contributed by atoms with Crippen molar-refractivity contribution in [2.45, 2.75) is 12.8 Å². The molecular formula is C54H37N3O. The van der Waals surface area contributed by atoms with Gasteiger partial charge in [-0.2, -0.15) is 0 Å². The fraction of sp³-hybridized carbons (Fsp3) is 0.0370. The SMILES string of the molecule is C1=CC(n2c3ccccc3c3cc(-c4ccc5c(c4)c4ccccc4n5-c4ccc(-c5ccc6c(c5)Oc5ccccc5N6c5ccccc5)cc4)ccc32)=CCC1. The Morgan fingerprint density at radius 2 is 0.948 bits per heavy atom. The van der Waals surface area contributed by atoms with Gasteiger partial charge < -0.3 is 18.8 Å². The number of fused-ring (bicyclic) bond motifs is 8. The van der Waals surface area contributed by atoms with Crippen molar-refractivity contribution in [1.82, 2.24) is 9.13 Å². The molecule has 0 saturated heterocycles. The van der Waals surface area contributed by atoms with Crippen LogP contribution in [-0.4, -0.2) is 9.13 Å². The highest BCUT2D eigenvalue weighted by Gasteiger charge is 2.26. The summed E-state index contributed by atoms with van der Waals surface area (Å²) in [5, 5.41) is 5.04. The molecule has 0 atom stereocenters. The number of nitrogens with zero attached hydrogens (tertiary/aromatic N) is 3. The van der Waals surface area contributed by atoms with Gasteiger partial charge >= 0.3 is 0 Å². The number of hydrogen-bond acceptors (Lipinski definition) is 2. The van der Waals surface area contributed by atoms with Gasteiger partial charge in [-0.15, -0.1) is 0 Å². The third-order valence-corrected chi connectivity index (χ3v) is 11.9. The first-order chi connectivity index (χ1) is 28.8. The molecule has 2 aliphatic rings. The molecule has 0 N–H and O–H groups in total. The number of ether oxygens (including phenoxy) is 1. The van der Waals surface area contributed by atoms with Gasteiger partial charge in [0.15, 0.2) is 11.5 Å². The summed E-state index contributed by atoms with van der Waals surface area (Å²) in [4.78, 5) is 2.28. The van der Waals surface area contributed by atoms with Crippen molar-refractivity contribution < 1.29 is 4.74 Å². The summed E-state index contributed by atoms with van der Waals surface area (Å²) in [6.45, 7) is 0. The van der Waals surface area contributed by atoms with Gasteiger partial charge in [0.05, 0.1) is 33.4 Å². The molecule has 58 heavy (non-hydrogen) atoms. The van der Waals surface area contributed by atoms with Crippen molar-refractivity contribution in [2.24, 2.45) is 0 Å². The average molecular weight is 744 g/mol. The maximum atomic E-state index is 6.53. The van der Waals surface area contributed by atoms with Crippen LogP contribution in [0.1, 0.15) is 12.8 Å².